The lowest BCUT2D eigenvalue weighted by molar-refractivity contribution is 0.377. The van der Waals surface area contributed by atoms with Crippen LogP contribution in [0.15, 0.2) is 51.9 Å². The monoisotopic (exact) mass is 405 g/mol. The average molecular weight is 406 g/mol. The van der Waals surface area contributed by atoms with Crippen LogP contribution >= 0.6 is 11.6 Å². The fourth-order valence-electron chi connectivity index (χ4n) is 3.21. The molecule has 3 aromatic rings. The van der Waals surface area contributed by atoms with E-state index in [1.165, 1.54) is 6.07 Å². The van der Waals surface area contributed by atoms with Gasteiger partial charge < -0.3 is 9.26 Å². The molecule has 2 atom stereocenters. The first kappa shape index (κ1) is 18.0. The Morgan fingerprint density at radius 3 is 2.74 bits per heavy atom. The lowest BCUT2D eigenvalue weighted by Gasteiger charge is -2.06. The number of halogens is 1. The Bertz CT molecular complexity index is 1110. The van der Waals surface area contributed by atoms with Gasteiger partial charge in [0.1, 0.15) is 5.75 Å². The van der Waals surface area contributed by atoms with E-state index in [0.717, 1.165) is 0 Å². The van der Waals surface area contributed by atoms with Crippen molar-refractivity contribution in [3.8, 4) is 17.1 Å². The van der Waals surface area contributed by atoms with E-state index in [9.17, 15) is 8.42 Å². The number of ether oxygens (including phenoxy) is 1. The molecule has 9 heteroatoms. The molecule has 1 aliphatic carbocycles. The van der Waals surface area contributed by atoms with Gasteiger partial charge in [0.2, 0.25) is 21.7 Å². The van der Waals surface area contributed by atoms with Crippen LogP contribution in [-0.2, 0) is 10.0 Å². The third kappa shape index (κ3) is 3.43. The van der Waals surface area contributed by atoms with E-state index in [0.29, 0.717) is 40.0 Å². The van der Waals surface area contributed by atoms with E-state index >= 15 is 0 Å². The van der Waals surface area contributed by atoms with Gasteiger partial charge in [0.15, 0.2) is 0 Å². The summed E-state index contributed by atoms with van der Waals surface area (Å²) in [6, 6.07) is 11.9. The molecule has 2 N–H and O–H groups in total. The van der Waals surface area contributed by atoms with Crippen LogP contribution in [0.4, 0.5) is 0 Å². The maximum absolute atomic E-state index is 11.8. The van der Waals surface area contributed by atoms with E-state index in [2.05, 4.69) is 10.1 Å². The van der Waals surface area contributed by atoms with Crippen LogP contribution in [0.3, 0.4) is 0 Å². The fourth-order valence-corrected chi connectivity index (χ4v) is 4.20. The van der Waals surface area contributed by atoms with Crippen molar-refractivity contribution < 1.29 is 17.7 Å². The predicted molar refractivity (Wildman–Crippen MR) is 99.2 cm³/mol. The topological polar surface area (TPSA) is 108 Å². The van der Waals surface area contributed by atoms with E-state index < -0.39 is 10.0 Å². The lowest BCUT2D eigenvalue weighted by Crippen LogP contribution is -2.14. The van der Waals surface area contributed by atoms with E-state index in [4.69, 9.17) is 26.0 Å². The second-order valence-electron chi connectivity index (χ2n) is 6.33. The molecule has 27 heavy (non-hydrogen) atoms. The quantitative estimate of drug-likeness (QED) is 0.697. The molecule has 1 fully saturated rings. The van der Waals surface area contributed by atoms with Gasteiger partial charge in [0.25, 0.3) is 0 Å². The minimum Gasteiger partial charge on any atom is -0.496 e. The molecule has 7 nitrogen and oxygen atoms in total. The van der Waals surface area contributed by atoms with Crippen LogP contribution in [0, 0.1) is 0 Å². The van der Waals surface area contributed by atoms with Crippen molar-refractivity contribution in [2.24, 2.45) is 5.14 Å². The number of methoxy groups -OCH3 is 1. The van der Waals surface area contributed by atoms with Gasteiger partial charge in [0, 0.05) is 10.9 Å². The van der Waals surface area contributed by atoms with E-state index in [1.54, 1.807) is 43.5 Å². The number of aromatic nitrogens is 2. The molecule has 2 unspecified atom stereocenters. The minimum absolute atomic E-state index is 0.0333. The van der Waals surface area contributed by atoms with Crippen LogP contribution in [0.5, 0.6) is 5.75 Å². The van der Waals surface area contributed by atoms with Gasteiger partial charge in [-0.25, -0.2) is 13.6 Å². The van der Waals surface area contributed by atoms with Crippen molar-refractivity contribution >= 4 is 21.6 Å². The van der Waals surface area contributed by atoms with Crippen LogP contribution in [0.25, 0.3) is 11.4 Å². The molecule has 2 aromatic carbocycles. The zero-order valence-electron chi connectivity index (χ0n) is 14.3. The molecule has 0 bridgehead atoms. The Hall–Kier alpha value is -2.42. The second kappa shape index (κ2) is 6.63. The van der Waals surface area contributed by atoms with Gasteiger partial charge >= 0.3 is 0 Å². The van der Waals surface area contributed by atoms with Crippen molar-refractivity contribution in [1.29, 1.82) is 0 Å². The lowest BCUT2D eigenvalue weighted by atomic mass is 10.1. The number of rotatable bonds is 5. The molecule has 140 valence electrons. The third-order valence-electron chi connectivity index (χ3n) is 4.58. The first-order valence-corrected chi connectivity index (χ1v) is 10.1. The minimum atomic E-state index is -3.79. The Labute approximate surface area is 161 Å². The summed E-state index contributed by atoms with van der Waals surface area (Å²) in [6.45, 7) is 0. The van der Waals surface area contributed by atoms with Gasteiger partial charge in [0.05, 0.1) is 17.6 Å². The summed E-state index contributed by atoms with van der Waals surface area (Å²) in [5.41, 5.74) is 1.30. The molecular formula is C18H16ClN3O4S. The normalized spacial score (nSPS) is 19.1. The highest BCUT2D eigenvalue weighted by Gasteiger charge is 2.45. The van der Waals surface area contributed by atoms with E-state index in [-0.39, 0.29) is 16.7 Å². The van der Waals surface area contributed by atoms with Crippen molar-refractivity contribution in [3.05, 3.63) is 58.9 Å². The fraction of sp³-hybridized carbons (Fsp3) is 0.222. The van der Waals surface area contributed by atoms with E-state index in [1.807, 2.05) is 0 Å². The van der Waals surface area contributed by atoms with Crippen molar-refractivity contribution in [3.63, 3.8) is 0 Å². The molecule has 0 saturated heterocycles. The Balaban J connectivity index is 1.64. The number of nitrogens with two attached hydrogens (primary N) is 1. The largest absolute Gasteiger partial charge is 0.496 e. The third-order valence-corrected chi connectivity index (χ3v) is 5.80. The summed E-state index contributed by atoms with van der Waals surface area (Å²) in [5.74, 6) is 1.31. The number of hydrogen-bond acceptors (Lipinski definition) is 6. The van der Waals surface area contributed by atoms with Gasteiger partial charge in [-0.3, -0.25) is 0 Å². The number of hydrogen-bond donors (Lipinski definition) is 1. The summed E-state index contributed by atoms with van der Waals surface area (Å²) in [7, 11) is -2.24. The number of benzene rings is 2. The molecule has 1 aliphatic rings. The summed E-state index contributed by atoms with van der Waals surface area (Å²) >= 11 is 6.06. The van der Waals surface area contributed by atoms with Crippen molar-refractivity contribution in [2.45, 2.75) is 23.2 Å². The summed E-state index contributed by atoms with van der Waals surface area (Å²) in [4.78, 5) is 4.60. The molecule has 0 spiro atoms. The smallest absolute Gasteiger partial charge is 0.238 e. The van der Waals surface area contributed by atoms with Gasteiger partial charge in [-0.1, -0.05) is 35.0 Å². The first-order chi connectivity index (χ1) is 12.9. The van der Waals surface area contributed by atoms with Gasteiger partial charge in [-0.2, -0.15) is 4.98 Å². The Morgan fingerprint density at radius 1 is 1.22 bits per heavy atom. The van der Waals surface area contributed by atoms with Crippen LogP contribution in [0.1, 0.15) is 29.7 Å². The van der Waals surface area contributed by atoms with Gasteiger partial charge in [-0.05, 0) is 42.2 Å². The highest BCUT2D eigenvalue weighted by molar-refractivity contribution is 7.89. The van der Waals surface area contributed by atoms with Gasteiger partial charge in [-0.15, -0.1) is 0 Å². The molecule has 0 amide bonds. The maximum Gasteiger partial charge on any atom is 0.238 e. The maximum atomic E-state index is 11.8. The number of sulfonamides is 1. The zero-order valence-corrected chi connectivity index (χ0v) is 15.9. The highest BCUT2D eigenvalue weighted by atomic mass is 35.5. The number of primary sulfonamides is 1. The molecular weight excluding hydrogens is 390 g/mol. The van der Waals surface area contributed by atoms with Crippen molar-refractivity contribution in [2.75, 3.05) is 7.11 Å². The standard InChI is InChI=1S/C18H16ClN3O4S/c1-25-15-7-6-10(19)8-14(15)17-21-18(26-22-17)13-9-12(13)11-4-2-3-5-16(11)27(20,23)24/h2-8,12-13H,9H2,1H3,(H2,20,23,24). The first-order valence-electron chi connectivity index (χ1n) is 8.17. The van der Waals surface area contributed by atoms with Crippen molar-refractivity contribution in [1.82, 2.24) is 10.1 Å². The zero-order chi connectivity index (χ0) is 19.2. The summed E-state index contributed by atoms with van der Waals surface area (Å²) < 4.78 is 34.4. The predicted octanol–water partition coefficient (Wildman–Crippen LogP) is 3.32. The number of nitrogens with zero attached hydrogens (tertiary/aromatic N) is 2. The van der Waals surface area contributed by atoms with Crippen LogP contribution < -0.4 is 9.88 Å². The molecule has 1 aromatic heterocycles. The van der Waals surface area contributed by atoms with Crippen LogP contribution in [0.2, 0.25) is 5.02 Å². The Kier molecular flexibility index (Phi) is 4.41. The average Bonchev–Trinajstić information content (AvgIpc) is 3.29. The molecule has 4 rings (SSSR count). The second-order valence-corrected chi connectivity index (χ2v) is 8.30. The summed E-state index contributed by atoms with van der Waals surface area (Å²) in [5, 5.41) is 9.89. The molecule has 0 radical (unpaired) electrons. The molecule has 1 heterocycles. The molecule has 0 aliphatic heterocycles. The summed E-state index contributed by atoms with van der Waals surface area (Å²) in [6.07, 6.45) is 0.709. The van der Waals surface area contributed by atoms with Crippen LogP contribution in [-0.4, -0.2) is 25.7 Å². The molecule has 1 saturated carbocycles. The highest BCUT2D eigenvalue weighted by Crippen LogP contribution is 2.55. The SMILES string of the molecule is COc1ccc(Cl)cc1-c1noc(C2CC2c2ccccc2S(N)(=O)=O)n1. The Morgan fingerprint density at radius 2 is 2.00 bits per heavy atom.